The van der Waals surface area contributed by atoms with Crippen LogP contribution >= 0.6 is 0 Å². The summed E-state index contributed by atoms with van der Waals surface area (Å²) < 4.78 is 23.4. The summed E-state index contributed by atoms with van der Waals surface area (Å²) >= 11 is 0. The van der Waals surface area contributed by atoms with Crippen molar-refractivity contribution in [2.24, 2.45) is 11.3 Å². The largest absolute Gasteiger partial charge is 0.317 e. The van der Waals surface area contributed by atoms with Gasteiger partial charge in [0.1, 0.15) is 9.84 Å². The first-order chi connectivity index (χ1) is 8.16. The van der Waals surface area contributed by atoms with Gasteiger partial charge in [-0.25, -0.2) is 8.42 Å². The standard InChI is InChI=1S/C14H29NO2S/c1-11(15-4)10-14(2,3)12-7-6-8-13(9-12)18(5,16)17/h11-13,15H,6-10H2,1-5H3. The average molecular weight is 275 g/mol. The van der Waals surface area contributed by atoms with E-state index in [9.17, 15) is 8.42 Å². The monoisotopic (exact) mass is 275 g/mol. The Bertz CT molecular complexity index is 362. The highest BCUT2D eigenvalue weighted by Gasteiger charge is 2.37. The molecule has 4 heteroatoms. The predicted octanol–water partition coefficient (Wildman–Crippen LogP) is 2.61. The van der Waals surface area contributed by atoms with Gasteiger partial charge in [-0.05, 0) is 51.0 Å². The zero-order chi connectivity index (χ0) is 14.0. The van der Waals surface area contributed by atoms with Gasteiger partial charge in [-0.1, -0.05) is 20.3 Å². The van der Waals surface area contributed by atoms with Crippen molar-refractivity contribution in [1.29, 1.82) is 0 Å². The van der Waals surface area contributed by atoms with Crippen LogP contribution in [0, 0.1) is 11.3 Å². The molecule has 3 nitrogen and oxygen atoms in total. The highest BCUT2D eigenvalue weighted by Crippen LogP contribution is 2.42. The highest BCUT2D eigenvalue weighted by molar-refractivity contribution is 7.91. The summed E-state index contributed by atoms with van der Waals surface area (Å²) in [5.74, 6) is 0.529. The molecule has 0 aromatic heterocycles. The molecule has 1 aliphatic rings. The molecule has 1 saturated carbocycles. The summed E-state index contributed by atoms with van der Waals surface area (Å²) in [7, 11) is -0.882. The first-order valence-electron chi connectivity index (χ1n) is 7.03. The minimum absolute atomic E-state index is 0.111. The van der Waals surface area contributed by atoms with E-state index in [-0.39, 0.29) is 10.7 Å². The van der Waals surface area contributed by atoms with E-state index < -0.39 is 9.84 Å². The van der Waals surface area contributed by atoms with E-state index in [0.717, 1.165) is 25.7 Å². The lowest BCUT2D eigenvalue weighted by Crippen LogP contribution is -2.38. The molecule has 1 aliphatic carbocycles. The predicted molar refractivity (Wildman–Crippen MR) is 77.5 cm³/mol. The Morgan fingerprint density at radius 2 is 1.94 bits per heavy atom. The van der Waals surface area contributed by atoms with Crippen molar-refractivity contribution in [3.05, 3.63) is 0 Å². The molecule has 108 valence electrons. The van der Waals surface area contributed by atoms with Gasteiger partial charge in [0.15, 0.2) is 0 Å². The van der Waals surface area contributed by atoms with Gasteiger partial charge < -0.3 is 5.32 Å². The number of nitrogens with one attached hydrogen (secondary N) is 1. The zero-order valence-electron chi connectivity index (χ0n) is 12.5. The van der Waals surface area contributed by atoms with Crippen LogP contribution in [0.3, 0.4) is 0 Å². The Hall–Kier alpha value is -0.0900. The fourth-order valence-electron chi connectivity index (χ4n) is 3.30. The number of hydrogen-bond acceptors (Lipinski definition) is 3. The summed E-state index contributed by atoms with van der Waals surface area (Å²) in [6.45, 7) is 6.77. The Morgan fingerprint density at radius 1 is 1.33 bits per heavy atom. The third kappa shape index (κ3) is 4.23. The van der Waals surface area contributed by atoms with Gasteiger partial charge in [0.05, 0.1) is 5.25 Å². The summed E-state index contributed by atoms with van der Waals surface area (Å²) in [4.78, 5) is 0. The van der Waals surface area contributed by atoms with Crippen molar-refractivity contribution in [1.82, 2.24) is 5.32 Å². The van der Waals surface area contributed by atoms with Gasteiger partial charge in [0.25, 0.3) is 0 Å². The zero-order valence-corrected chi connectivity index (χ0v) is 13.3. The van der Waals surface area contributed by atoms with E-state index in [0.29, 0.717) is 12.0 Å². The second-order valence-electron chi connectivity index (χ2n) is 6.70. The fraction of sp³-hybridized carbons (Fsp3) is 1.00. The van der Waals surface area contributed by atoms with Crippen molar-refractivity contribution in [2.75, 3.05) is 13.3 Å². The summed E-state index contributed by atoms with van der Waals surface area (Å²) in [5.41, 5.74) is 0.214. The molecule has 0 radical (unpaired) electrons. The van der Waals surface area contributed by atoms with Crippen LogP contribution < -0.4 is 5.32 Å². The van der Waals surface area contributed by atoms with Gasteiger partial charge in [-0.2, -0.15) is 0 Å². The topological polar surface area (TPSA) is 46.2 Å². The van der Waals surface area contributed by atoms with Crippen molar-refractivity contribution in [3.63, 3.8) is 0 Å². The molecule has 18 heavy (non-hydrogen) atoms. The van der Waals surface area contributed by atoms with Crippen LogP contribution in [0.5, 0.6) is 0 Å². The first kappa shape index (κ1) is 16.0. The SMILES string of the molecule is CNC(C)CC(C)(C)C1CCCC(S(C)(=O)=O)C1. The van der Waals surface area contributed by atoms with Gasteiger partial charge in [0.2, 0.25) is 0 Å². The van der Waals surface area contributed by atoms with Gasteiger partial charge in [0, 0.05) is 12.3 Å². The molecule has 0 aromatic rings. The summed E-state index contributed by atoms with van der Waals surface area (Å²) in [6.07, 6.45) is 6.43. The minimum Gasteiger partial charge on any atom is -0.317 e. The van der Waals surface area contributed by atoms with E-state index in [2.05, 4.69) is 26.1 Å². The van der Waals surface area contributed by atoms with E-state index in [4.69, 9.17) is 0 Å². The minimum atomic E-state index is -2.87. The second kappa shape index (κ2) is 5.91. The van der Waals surface area contributed by atoms with E-state index >= 15 is 0 Å². The van der Waals surface area contributed by atoms with E-state index in [1.807, 2.05) is 7.05 Å². The lowest BCUT2D eigenvalue weighted by Gasteiger charge is -2.41. The van der Waals surface area contributed by atoms with Crippen LogP contribution in [0.1, 0.15) is 52.9 Å². The lowest BCUT2D eigenvalue weighted by atomic mass is 9.68. The molecule has 1 N–H and O–H groups in total. The van der Waals surface area contributed by atoms with Crippen LogP contribution in [-0.2, 0) is 9.84 Å². The quantitative estimate of drug-likeness (QED) is 0.839. The lowest BCUT2D eigenvalue weighted by molar-refractivity contribution is 0.135. The molecule has 0 spiro atoms. The molecule has 0 amide bonds. The van der Waals surface area contributed by atoms with E-state index in [1.54, 1.807) is 0 Å². The molecule has 3 atom stereocenters. The molecule has 3 unspecified atom stereocenters. The highest BCUT2D eigenvalue weighted by atomic mass is 32.2. The Balaban J connectivity index is 2.71. The average Bonchev–Trinajstić information content (AvgIpc) is 2.27. The molecule has 1 fully saturated rings. The molecule has 1 rings (SSSR count). The molecule has 0 heterocycles. The van der Waals surface area contributed by atoms with Crippen LogP contribution in [-0.4, -0.2) is 33.0 Å². The van der Waals surface area contributed by atoms with Crippen LogP contribution in [0.15, 0.2) is 0 Å². The third-order valence-electron chi connectivity index (χ3n) is 4.66. The summed E-state index contributed by atoms with van der Waals surface area (Å²) in [5, 5.41) is 3.17. The van der Waals surface area contributed by atoms with Crippen molar-refractivity contribution >= 4 is 9.84 Å². The van der Waals surface area contributed by atoms with Crippen LogP contribution in [0.4, 0.5) is 0 Å². The molecular weight excluding hydrogens is 246 g/mol. The normalized spacial score (nSPS) is 28.1. The molecule has 0 aromatic carbocycles. The van der Waals surface area contributed by atoms with Crippen LogP contribution in [0.25, 0.3) is 0 Å². The Morgan fingerprint density at radius 3 is 2.44 bits per heavy atom. The smallest absolute Gasteiger partial charge is 0.150 e. The van der Waals surface area contributed by atoms with E-state index in [1.165, 1.54) is 12.7 Å². The first-order valence-corrected chi connectivity index (χ1v) is 8.98. The number of rotatable bonds is 5. The molecule has 0 bridgehead atoms. The molecule has 0 saturated heterocycles. The van der Waals surface area contributed by atoms with Gasteiger partial charge in [-0.15, -0.1) is 0 Å². The third-order valence-corrected chi connectivity index (χ3v) is 6.30. The van der Waals surface area contributed by atoms with Gasteiger partial charge >= 0.3 is 0 Å². The maximum absolute atomic E-state index is 11.7. The van der Waals surface area contributed by atoms with Crippen LogP contribution in [0.2, 0.25) is 0 Å². The van der Waals surface area contributed by atoms with Crippen molar-refractivity contribution in [2.45, 2.75) is 64.2 Å². The number of hydrogen-bond donors (Lipinski definition) is 1. The Labute approximate surface area is 113 Å². The second-order valence-corrected chi connectivity index (χ2v) is 9.02. The van der Waals surface area contributed by atoms with Crippen molar-refractivity contribution < 1.29 is 8.42 Å². The number of sulfone groups is 1. The summed E-state index contributed by atoms with van der Waals surface area (Å²) in [6, 6.07) is 0.485. The van der Waals surface area contributed by atoms with Crippen molar-refractivity contribution in [3.8, 4) is 0 Å². The maximum atomic E-state index is 11.7. The maximum Gasteiger partial charge on any atom is 0.150 e. The molecular formula is C14H29NO2S. The Kier molecular flexibility index (Phi) is 5.24. The molecule has 0 aliphatic heterocycles. The van der Waals surface area contributed by atoms with Gasteiger partial charge in [-0.3, -0.25) is 0 Å². The fourth-order valence-corrected chi connectivity index (χ4v) is 4.48.